The molecule has 1 fully saturated rings. The van der Waals surface area contributed by atoms with Crippen molar-refractivity contribution in [1.82, 2.24) is 20.1 Å². The van der Waals surface area contributed by atoms with Gasteiger partial charge in [-0.25, -0.2) is 4.98 Å². The molecule has 2 rings (SSSR count). The highest BCUT2D eigenvalue weighted by Gasteiger charge is 2.26. The second-order valence-electron chi connectivity index (χ2n) is 5.72. The lowest BCUT2D eigenvalue weighted by Gasteiger charge is -2.39. The molecule has 0 radical (unpaired) electrons. The van der Waals surface area contributed by atoms with E-state index < -0.39 is 0 Å². The van der Waals surface area contributed by atoms with Crippen molar-refractivity contribution in [1.29, 1.82) is 0 Å². The van der Waals surface area contributed by atoms with E-state index in [1.807, 2.05) is 6.07 Å². The van der Waals surface area contributed by atoms with E-state index in [0.717, 1.165) is 38.2 Å². The minimum Gasteiger partial charge on any atom is -0.383 e. The molecule has 1 aliphatic heterocycles. The number of nitrogen functional groups attached to an aromatic ring is 1. The molecule has 0 aromatic carbocycles. The van der Waals surface area contributed by atoms with E-state index in [2.05, 4.69) is 47.2 Å². The van der Waals surface area contributed by atoms with Gasteiger partial charge in [0.25, 0.3) is 0 Å². The van der Waals surface area contributed by atoms with Crippen LogP contribution >= 0.6 is 0 Å². The van der Waals surface area contributed by atoms with Gasteiger partial charge in [-0.05, 0) is 33.1 Å². The number of nitrogens with two attached hydrogens (primary N) is 1. The van der Waals surface area contributed by atoms with Crippen LogP contribution in [-0.2, 0) is 0 Å². The van der Waals surface area contributed by atoms with Crippen LogP contribution in [0, 0.1) is 0 Å². The first kappa shape index (κ1) is 15.2. The highest BCUT2D eigenvalue weighted by atomic mass is 15.3. The molecular formula is C15H27N5. The minimum absolute atomic E-state index is 0.271. The maximum atomic E-state index is 6.04. The highest BCUT2D eigenvalue weighted by molar-refractivity contribution is 5.40. The van der Waals surface area contributed by atoms with Crippen LogP contribution in [0.3, 0.4) is 0 Å². The summed E-state index contributed by atoms with van der Waals surface area (Å²) in [5.41, 5.74) is 7.16. The molecule has 2 unspecified atom stereocenters. The summed E-state index contributed by atoms with van der Waals surface area (Å²) < 4.78 is 0. The molecule has 1 aliphatic rings. The van der Waals surface area contributed by atoms with Crippen molar-refractivity contribution in [2.24, 2.45) is 0 Å². The molecule has 0 aliphatic carbocycles. The van der Waals surface area contributed by atoms with Gasteiger partial charge >= 0.3 is 0 Å². The number of anilines is 1. The molecule has 0 amide bonds. The number of likely N-dealkylation sites (N-methyl/N-ethyl adjacent to an activating group) is 2. The summed E-state index contributed by atoms with van der Waals surface area (Å²) in [6.07, 6.45) is 2.81. The van der Waals surface area contributed by atoms with E-state index in [0.29, 0.717) is 11.9 Å². The van der Waals surface area contributed by atoms with Crippen LogP contribution in [0.15, 0.2) is 18.3 Å². The van der Waals surface area contributed by atoms with Crippen molar-refractivity contribution in [2.75, 3.05) is 46.0 Å². The molecule has 0 spiro atoms. The predicted molar refractivity (Wildman–Crippen MR) is 83.6 cm³/mol. The fourth-order valence-electron chi connectivity index (χ4n) is 2.92. The maximum Gasteiger partial charge on any atom is 0.128 e. The first-order chi connectivity index (χ1) is 9.61. The average molecular weight is 277 g/mol. The maximum absolute atomic E-state index is 6.04. The Bertz CT molecular complexity index is 422. The van der Waals surface area contributed by atoms with Gasteiger partial charge in [0.1, 0.15) is 5.82 Å². The van der Waals surface area contributed by atoms with Crippen LogP contribution in [0.4, 0.5) is 5.82 Å². The number of nitrogens with one attached hydrogen (secondary N) is 1. The summed E-state index contributed by atoms with van der Waals surface area (Å²) in [4.78, 5) is 9.08. The van der Waals surface area contributed by atoms with Gasteiger partial charge in [-0.3, -0.25) is 0 Å². The largest absolute Gasteiger partial charge is 0.383 e. The van der Waals surface area contributed by atoms with Crippen molar-refractivity contribution in [3.05, 3.63) is 23.9 Å². The summed E-state index contributed by atoms with van der Waals surface area (Å²) in [6.45, 7) is 6.45. The molecule has 5 nitrogen and oxygen atoms in total. The van der Waals surface area contributed by atoms with Crippen molar-refractivity contribution in [3.8, 4) is 0 Å². The zero-order chi connectivity index (χ0) is 14.5. The Hall–Kier alpha value is -1.17. The highest BCUT2D eigenvalue weighted by Crippen LogP contribution is 2.25. The Balaban J connectivity index is 2.11. The van der Waals surface area contributed by atoms with E-state index in [-0.39, 0.29) is 6.04 Å². The third-order valence-electron chi connectivity index (χ3n) is 4.19. The van der Waals surface area contributed by atoms with Gasteiger partial charge in [0, 0.05) is 43.5 Å². The Labute approximate surface area is 122 Å². The Morgan fingerprint density at radius 2 is 2.25 bits per heavy atom. The minimum atomic E-state index is 0.271. The van der Waals surface area contributed by atoms with Crippen LogP contribution in [0.5, 0.6) is 0 Å². The van der Waals surface area contributed by atoms with E-state index in [9.17, 15) is 0 Å². The first-order valence-electron chi connectivity index (χ1n) is 7.44. The molecule has 0 bridgehead atoms. The molecule has 20 heavy (non-hydrogen) atoms. The number of rotatable bonds is 5. The zero-order valence-electron chi connectivity index (χ0n) is 12.8. The Morgan fingerprint density at radius 1 is 1.45 bits per heavy atom. The third-order valence-corrected chi connectivity index (χ3v) is 4.19. The standard InChI is InChI=1S/C15H27N5/c1-4-17-14(13-6-5-7-18-15(13)16)10-12-11-19(2)8-9-20(12)3/h5-7,12,14,17H,4,8-11H2,1-3H3,(H2,16,18). The number of piperazine rings is 1. The second-order valence-corrected chi connectivity index (χ2v) is 5.72. The van der Waals surface area contributed by atoms with Crippen LogP contribution in [-0.4, -0.2) is 61.1 Å². The number of hydrogen-bond donors (Lipinski definition) is 2. The molecule has 0 saturated carbocycles. The van der Waals surface area contributed by atoms with Crippen molar-refractivity contribution < 1.29 is 0 Å². The van der Waals surface area contributed by atoms with Crippen LogP contribution in [0.2, 0.25) is 0 Å². The lowest BCUT2D eigenvalue weighted by atomic mass is 9.97. The summed E-state index contributed by atoms with van der Waals surface area (Å²) in [6, 6.07) is 4.87. The van der Waals surface area contributed by atoms with Gasteiger partial charge in [0.05, 0.1) is 0 Å². The molecule has 5 heteroatoms. The van der Waals surface area contributed by atoms with Crippen molar-refractivity contribution in [2.45, 2.75) is 25.4 Å². The van der Waals surface area contributed by atoms with E-state index in [1.165, 1.54) is 0 Å². The van der Waals surface area contributed by atoms with E-state index in [1.54, 1.807) is 6.20 Å². The molecule has 112 valence electrons. The van der Waals surface area contributed by atoms with Crippen LogP contribution < -0.4 is 11.1 Å². The lowest BCUT2D eigenvalue weighted by molar-refractivity contribution is 0.101. The van der Waals surface area contributed by atoms with Gasteiger partial charge < -0.3 is 20.9 Å². The molecule has 2 heterocycles. The summed E-state index contributed by atoms with van der Waals surface area (Å²) in [5.74, 6) is 0.644. The topological polar surface area (TPSA) is 57.4 Å². The Morgan fingerprint density at radius 3 is 2.95 bits per heavy atom. The van der Waals surface area contributed by atoms with Crippen LogP contribution in [0.1, 0.15) is 24.9 Å². The lowest BCUT2D eigenvalue weighted by Crippen LogP contribution is -2.51. The average Bonchev–Trinajstić information content (AvgIpc) is 2.43. The molecule has 1 aromatic rings. The quantitative estimate of drug-likeness (QED) is 0.839. The molecule has 3 N–H and O–H groups in total. The van der Waals surface area contributed by atoms with Gasteiger partial charge in [-0.1, -0.05) is 13.0 Å². The fourth-order valence-corrected chi connectivity index (χ4v) is 2.92. The van der Waals surface area contributed by atoms with Crippen LogP contribution in [0.25, 0.3) is 0 Å². The smallest absolute Gasteiger partial charge is 0.128 e. The predicted octanol–water partition coefficient (Wildman–Crippen LogP) is 0.950. The molecule has 1 aromatic heterocycles. The van der Waals surface area contributed by atoms with Gasteiger partial charge in [0.2, 0.25) is 0 Å². The van der Waals surface area contributed by atoms with Crippen molar-refractivity contribution >= 4 is 5.82 Å². The molecular weight excluding hydrogens is 250 g/mol. The van der Waals surface area contributed by atoms with Crippen molar-refractivity contribution in [3.63, 3.8) is 0 Å². The van der Waals surface area contributed by atoms with E-state index in [4.69, 9.17) is 5.73 Å². The number of aromatic nitrogens is 1. The fraction of sp³-hybridized carbons (Fsp3) is 0.667. The molecule has 2 atom stereocenters. The molecule has 1 saturated heterocycles. The van der Waals surface area contributed by atoms with Gasteiger partial charge in [-0.2, -0.15) is 0 Å². The number of pyridine rings is 1. The third kappa shape index (κ3) is 3.69. The number of nitrogens with zero attached hydrogens (tertiary/aromatic N) is 3. The SMILES string of the molecule is CCNC(CC1CN(C)CCN1C)c1cccnc1N. The summed E-state index contributed by atoms with van der Waals surface area (Å²) in [7, 11) is 4.41. The Kier molecular flexibility index (Phi) is 5.34. The van der Waals surface area contributed by atoms with E-state index >= 15 is 0 Å². The normalized spacial score (nSPS) is 22.9. The van der Waals surface area contributed by atoms with Gasteiger partial charge in [-0.15, -0.1) is 0 Å². The first-order valence-corrected chi connectivity index (χ1v) is 7.44. The zero-order valence-corrected chi connectivity index (χ0v) is 12.8. The monoisotopic (exact) mass is 277 g/mol. The summed E-state index contributed by atoms with van der Waals surface area (Å²) >= 11 is 0. The second kappa shape index (κ2) is 7.02. The van der Waals surface area contributed by atoms with Gasteiger partial charge in [0.15, 0.2) is 0 Å². The number of hydrogen-bond acceptors (Lipinski definition) is 5. The summed E-state index contributed by atoms with van der Waals surface area (Å²) in [5, 5.41) is 3.56.